The third-order valence-electron chi connectivity index (χ3n) is 5.16. The van der Waals surface area contributed by atoms with Crippen LogP contribution in [0.25, 0.3) is 10.9 Å². The van der Waals surface area contributed by atoms with E-state index in [1.54, 1.807) is 0 Å². The van der Waals surface area contributed by atoms with Crippen molar-refractivity contribution in [1.29, 1.82) is 0 Å². The smallest absolute Gasteiger partial charge is 0.251 e. The Morgan fingerprint density at radius 3 is 2.90 bits per heavy atom. The second-order valence-corrected chi connectivity index (χ2v) is 6.43. The van der Waals surface area contributed by atoms with Gasteiger partial charge in [-0.05, 0) is 48.3 Å². The molecule has 0 bridgehead atoms. The highest BCUT2D eigenvalue weighted by Crippen LogP contribution is 2.56. The summed E-state index contributed by atoms with van der Waals surface area (Å²) in [4.78, 5) is 15.5. The second-order valence-electron chi connectivity index (χ2n) is 6.43. The molecule has 1 aromatic carbocycles. The number of rotatable bonds is 2. The minimum atomic E-state index is 0.0777. The van der Waals surface area contributed by atoms with Crippen LogP contribution < -0.4 is 5.32 Å². The number of benzene rings is 1. The molecule has 0 radical (unpaired) electrons. The zero-order chi connectivity index (χ0) is 13.6. The van der Waals surface area contributed by atoms with Gasteiger partial charge in [0.1, 0.15) is 0 Å². The van der Waals surface area contributed by atoms with Crippen LogP contribution in [0.15, 0.2) is 30.5 Å². The number of H-pyrrole nitrogens is 1. The lowest BCUT2D eigenvalue weighted by Gasteiger charge is -2.22. The SMILES string of the molecule is O=C(NC1CC12CCCCC2)c1ccc2cc[nH]c2c1. The zero-order valence-electron chi connectivity index (χ0n) is 11.6. The van der Waals surface area contributed by atoms with Gasteiger partial charge >= 0.3 is 0 Å². The summed E-state index contributed by atoms with van der Waals surface area (Å²) in [5.41, 5.74) is 2.24. The highest BCUT2D eigenvalue weighted by Gasteiger charge is 2.54. The van der Waals surface area contributed by atoms with Gasteiger partial charge in [-0.25, -0.2) is 0 Å². The predicted octanol–water partition coefficient (Wildman–Crippen LogP) is 3.62. The number of hydrogen-bond donors (Lipinski definition) is 2. The molecule has 2 aromatic rings. The van der Waals surface area contributed by atoms with Gasteiger partial charge in [0.15, 0.2) is 0 Å². The number of carbonyl (C=O) groups is 1. The number of amides is 1. The Balaban J connectivity index is 1.48. The van der Waals surface area contributed by atoms with E-state index in [9.17, 15) is 4.79 Å². The fourth-order valence-corrected chi connectivity index (χ4v) is 3.79. The van der Waals surface area contributed by atoms with E-state index in [0.717, 1.165) is 16.5 Å². The van der Waals surface area contributed by atoms with Crippen LogP contribution in [0.2, 0.25) is 0 Å². The topological polar surface area (TPSA) is 44.9 Å². The maximum absolute atomic E-state index is 12.4. The molecule has 0 aliphatic heterocycles. The van der Waals surface area contributed by atoms with Crippen LogP contribution in [0.1, 0.15) is 48.9 Å². The van der Waals surface area contributed by atoms with E-state index in [0.29, 0.717) is 11.5 Å². The first-order valence-electron chi connectivity index (χ1n) is 7.65. The van der Waals surface area contributed by atoms with Crippen molar-refractivity contribution in [1.82, 2.24) is 10.3 Å². The van der Waals surface area contributed by atoms with Crippen molar-refractivity contribution in [3.63, 3.8) is 0 Å². The van der Waals surface area contributed by atoms with Crippen molar-refractivity contribution in [2.75, 3.05) is 0 Å². The van der Waals surface area contributed by atoms with Crippen molar-refractivity contribution < 1.29 is 4.79 Å². The van der Waals surface area contributed by atoms with Gasteiger partial charge in [0, 0.05) is 23.3 Å². The molecule has 0 saturated heterocycles. The van der Waals surface area contributed by atoms with Crippen LogP contribution in [0.5, 0.6) is 0 Å². The summed E-state index contributed by atoms with van der Waals surface area (Å²) in [6.07, 6.45) is 9.72. The fraction of sp³-hybridized carbons (Fsp3) is 0.471. The van der Waals surface area contributed by atoms with Crippen molar-refractivity contribution in [3.05, 3.63) is 36.0 Å². The number of carbonyl (C=O) groups excluding carboxylic acids is 1. The average molecular weight is 268 g/mol. The first-order chi connectivity index (χ1) is 9.77. The number of nitrogens with one attached hydrogen (secondary N) is 2. The van der Waals surface area contributed by atoms with E-state index in [1.165, 1.54) is 38.5 Å². The molecule has 1 amide bonds. The Labute approximate surface area is 118 Å². The van der Waals surface area contributed by atoms with Gasteiger partial charge in [0.05, 0.1) is 0 Å². The summed E-state index contributed by atoms with van der Waals surface area (Å²) in [7, 11) is 0. The Morgan fingerprint density at radius 2 is 2.05 bits per heavy atom. The Morgan fingerprint density at radius 1 is 1.20 bits per heavy atom. The van der Waals surface area contributed by atoms with Gasteiger partial charge in [-0.3, -0.25) is 4.79 Å². The van der Waals surface area contributed by atoms with Crippen LogP contribution in [0, 0.1) is 5.41 Å². The molecule has 20 heavy (non-hydrogen) atoms. The van der Waals surface area contributed by atoms with Crippen molar-refractivity contribution >= 4 is 16.8 Å². The summed E-state index contributed by atoms with van der Waals surface area (Å²) >= 11 is 0. The Bertz CT molecular complexity index is 652. The maximum atomic E-state index is 12.4. The molecule has 4 rings (SSSR count). The Kier molecular flexibility index (Phi) is 2.62. The summed E-state index contributed by atoms with van der Waals surface area (Å²) in [5, 5.41) is 4.38. The summed E-state index contributed by atoms with van der Waals surface area (Å²) in [5.74, 6) is 0.0777. The molecule has 1 atom stereocenters. The van der Waals surface area contributed by atoms with Gasteiger partial charge in [0.25, 0.3) is 5.91 Å². The first-order valence-corrected chi connectivity index (χ1v) is 7.65. The van der Waals surface area contributed by atoms with E-state index < -0.39 is 0 Å². The van der Waals surface area contributed by atoms with Gasteiger partial charge in [0.2, 0.25) is 0 Å². The predicted molar refractivity (Wildman–Crippen MR) is 79.7 cm³/mol. The lowest BCUT2D eigenvalue weighted by Crippen LogP contribution is -2.30. The van der Waals surface area contributed by atoms with E-state index in [2.05, 4.69) is 10.3 Å². The molecule has 2 N–H and O–H groups in total. The first kappa shape index (κ1) is 12.0. The minimum Gasteiger partial charge on any atom is -0.361 e. The van der Waals surface area contributed by atoms with Gasteiger partial charge in [-0.1, -0.05) is 25.3 Å². The molecular formula is C17H20N2O. The third-order valence-corrected chi connectivity index (χ3v) is 5.16. The molecule has 2 fully saturated rings. The summed E-state index contributed by atoms with van der Waals surface area (Å²) in [6, 6.07) is 8.30. The number of aromatic amines is 1. The second kappa shape index (κ2) is 4.37. The van der Waals surface area contributed by atoms with Gasteiger partial charge in [-0.15, -0.1) is 0 Å². The molecule has 2 saturated carbocycles. The number of fused-ring (bicyclic) bond motifs is 1. The summed E-state index contributed by atoms with van der Waals surface area (Å²) in [6.45, 7) is 0. The maximum Gasteiger partial charge on any atom is 0.251 e. The van der Waals surface area contributed by atoms with E-state index in [1.807, 2.05) is 30.5 Å². The molecule has 3 heteroatoms. The van der Waals surface area contributed by atoms with Crippen LogP contribution >= 0.6 is 0 Å². The van der Waals surface area contributed by atoms with Crippen molar-refractivity contribution in [2.45, 2.75) is 44.6 Å². The average Bonchev–Trinajstić information content (AvgIpc) is 2.92. The van der Waals surface area contributed by atoms with E-state index >= 15 is 0 Å². The normalized spacial score (nSPS) is 23.9. The molecule has 1 aromatic heterocycles. The van der Waals surface area contributed by atoms with Crippen LogP contribution in [-0.4, -0.2) is 16.9 Å². The molecule has 3 nitrogen and oxygen atoms in total. The van der Waals surface area contributed by atoms with Crippen molar-refractivity contribution in [2.24, 2.45) is 5.41 Å². The zero-order valence-corrected chi connectivity index (χ0v) is 11.6. The third kappa shape index (κ3) is 1.92. The fourth-order valence-electron chi connectivity index (χ4n) is 3.79. The number of hydrogen-bond acceptors (Lipinski definition) is 1. The van der Waals surface area contributed by atoms with Crippen LogP contribution in [0.3, 0.4) is 0 Å². The van der Waals surface area contributed by atoms with Crippen LogP contribution in [-0.2, 0) is 0 Å². The van der Waals surface area contributed by atoms with E-state index in [-0.39, 0.29) is 5.91 Å². The highest BCUT2D eigenvalue weighted by molar-refractivity contribution is 5.98. The molecule has 104 valence electrons. The minimum absolute atomic E-state index is 0.0777. The van der Waals surface area contributed by atoms with Crippen LogP contribution in [0.4, 0.5) is 0 Å². The molecule has 1 heterocycles. The standard InChI is InChI=1S/C17H20N2O/c20-16(13-5-4-12-6-9-18-14(12)10-13)19-15-11-17(15)7-2-1-3-8-17/h4-6,9-10,15,18H,1-3,7-8,11H2,(H,19,20). The van der Waals surface area contributed by atoms with Crippen molar-refractivity contribution in [3.8, 4) is 0 Å². The quantitative estimate of drug-likeness (QED) is 0.858. The molecule has 2 aliphatic carbocycles. The molecule has 1 spiro atoms. The van der Waals surface area contributed by atoms with E-state index in [4.69, 9.17) is 0 Å². The van der Waals surface area contributed by atoms with Gasteiger partial charge in [-0.2, -0.15) is 0 Å². The number of aromatic nitrogens is 1. The lowest BCUT2D eigenvalue weighted by atomic mass is 9.86. The largest absolute Gasteiger partial charge is 0.361 e. The molecule has 2 aliphatic rings. The monoisotopic (exact) mass is 268 g/mol. The summed E-state index contributed by atoms with van der Waals surface area (Å²) < 4.78 is 0. The molecule has 1 unspecified atom stereocenters. The van der Waals surface area contributed by atoms with Gasteiger partial charge < -0.3 is 10.3 Å². The lowest BCUT2D eigenvalue weighted by molar-refractivity contribution is 0.0942. The highest BCUT2D eigenvalue weighted by atomic mass is 16.1. The molecular weight excluding hydrogens is 248 g/mol. The Hall–Kier alpha value is -1.77.